The highest BCUT2D eigenvalue weighted by molar-refractivity contribution is 5.49. The molecule has 1 fully saturated rings. The molecule has 1 atom stereocenters. The number of hydrogen-bond donors (Lipinski definition) is 2. The van der Waals surface area contributed by atoms with Gasteiger partial charge in [-0.1, -0.05) is 6.92 Å². The molecule has 2 rings (SSSR count). The third-order valence-electron chi connectivity index (χ3n) is 2.87. The summed E-state index contributed by atoms with van der Waals surface area (Å²) in [5.41, 5.74) is 8.14. The molecule has 0 saturated carbocycles. The van der Waals surface area contributed by atoms with Gasteiger partial charge in [-0.25, -0.2) is 0 Å². The van der Waals surface area contributed by atoms with E-state index < -0.39 is 0 Å². The lowest BCUT2D eigenvalue weighted by atomic mass is 9.81. The first-order valence-corrected chi connectivity index (χ1v) is 4.63. The van der Waals surface area contributed by atoms with E-state index in [2.05, 4.69) is 17.2 Å². The Bertz CT molecular complexity index is 303. The molecule has 1 aliphatic rings. The number of aromatic nitrogens is 1. The van der Waals surface area contributed by atoms with Crippen molar-refractivity contribution in [1.82, 2.24) is 10.3 Å². The van der Waals surface area contributed by atoms with Gasteiger partial charge >= 0.3 is 0 Å². The Morgan fingerprint density at radius 3 is 3.08 bits per heavy atom. The summed E-state index contributed by atoms with van der Waals surface area (Å²) < 4.78 is 0. The number of nitrogen functional groups attached to an aromatic ring is 1. The Morgan fingerprint density at radius 2 is 2.46 bits per heavy atom. The molecule has 0 bridgehead atoms. The fraction of sp³-hybridized carbons (Fsp3) is 0.500. The maximum absolute atomic E-state index is 5.90. The quantitative estimate of drug-likeness (QED) is 0.670. The van der Waals surface area contributed by atoms with E-state index in [1.54, 1.807) is 6.20 Å². The SMILES string of the molecule is CC1(c2ccncc2N)CCNC1. The van der Waals surface area contributed by atoms with Crippen molar-refractivity contribution < 1.29 is 0 Å². The summed E-state index contributed by atoms with van der Waals surface area (Å²) in [4.78, 5) is 4.00. The minimum atomic E-state index is 0.201. The maximum Gasteiger partial charge on any atom is 0.0539 e. The van der Waals surface area contributed by atoms with Crippen molar-refractivity contribution in [1.29, 1.82) is 0 Å². The van der Waals surface area contributed by atoms with Gasteiger partial charge in [-0.2, -0.15) is 0 Å². The number of nitrogens with one attached hydrogen (secondary N) is 1. The molecule has 1 unspecified atom stereocenters. The molecule has 70 valence electrons. The van der Waals surface area contributed by atoms with Crippen LogP contribution in [0.5, 0.6) is 0 Å². The zero-order valence-electron chi connectivity index (χ0n) is 7.88. The van der Waals surface area contributed by atoms with Gasteiger partial charge in [0.15, 0.2) is 0 Å². The van der Waals surface area contributed by atoms with Crippen LogP contribution in [0, 0.1) is 0 Å². The van der Waals surface area contributed by atoms with Crippen molar-refractivity contribution in [3.05, 3.63) is 24.0 Å². The predicted molar refractivity (Wildman–Crippen MR) is 53.5 cm³/mol. The van der Waals surface area contributed by atoms with E-state index in [1.165, 1.54) is 5.56 Å². The van der Waals surface area contributed by atoms with Crippen LogP contribution in [-0.4, -0.2) is 18.1 Å². The Kier molecular flexibility index (Phi) is 1.96. The zero-order valence-corrected chi connectivity index (χ0v) is 7.88. The van der Waals surface area contributed by atoms with Crippen molar-refractivity contribution in [3.8, 4) is 0 Å². The first-order valence-electron chi connectivity index (χ1n) is 4.63. The normalized spacial score (nSPS) is 27.8. The van der Waals surface area contributed by atoms with Crippen LogP contribution in [0.2, 0.25) is 0 Å². The highest BCUT2D eigenvalue weighted by Crippen LogP contribution is 2.32. The Balaban J connectivity index is 2.39. The Labute approximate surface area is 78.4 Å². The molecule has 1 saturated heterocycles. The molecular formula is C10H15N3. The van der Waals surface area contributed by atoms with Crippen LogP contribution >= 0.6 is 0 Å². The summed E-state index contributed by atoms with van der Waals surface area (Å²) >= 11 is 0. The summed E-state index contributed by atoms with van der Waals surface area (Å²) in [6, 6.07) is 2.03. The second-order valence-corrected chi connectivity index (χ2v) is 3.95. The molecule has 0 aliphatic carbocycles. The van der Waals surface area contributed by atoms with Crippen LogP contribution in [0.25, 0.3) is 0 Å². The van der Waals surface area contributed by atoms with Gasteiger partial charge in [-0.15, -0.1) is 0 Å². The van der Waals surface area contributed by atoms with Crippen LogP contribution in [0.3, 0.4) is 0 Å². The van der Waals surface area contributed by atoms with E-state index in [9.17, 15) is 0 Å². The topological polar surface area (TPSA) is 50.9 Å². The Hall–Kier alpha value is -1.09. The van der Waals surface area contributed by atoms with Crippen molar-refractivity contribution in [2.75, 3.05) is 18.8 Å². The van der Waals surface area contributed by atoms with Gasteiger partial charge in [0, 0.05) is 18.2 Å². The number of pyridine rings is 1. The van der Waals surface area contributed by atoms with Gasteiger partial charge < -0.3 is 11.1 Å². The lowest BCUT2D eigenvalue weighted by Gasteiger charge is -2.24. The summed E-state index contributed by atoms with van der Waals surface area (Å²) in [7, 11) is 0. The van der Waals surface area contributed by atoms with Crippen LogP contribution in [0.4, 0.5) is 5.69 Å². The van der Waals surface area contributed by atoms with Gasteiger partial charge in [0.05, 0.1) is 11.9 Å². The van der Waals surface area contributed by atoms with E-state index in [4.69, 9.17) is 5.73 Å². The Morgan fingerprint density at radius 1 is 1.62 bits per heavy atom. The predicted octanol–water partition coefficient (Wildman–Crippen LogP) is 0.915. The van der Waals surface area contributed by atoms with Crippen molar-refractivity contribution in [2.24, 2.45) is 0 Å². The van der Waals surface area contributed by atoms with Crippen molar-refractivity contribution >= 4 is 5.69 Å². The standard InChI is InChI=1S/C10H15N3/c1-10(3-5-13-7-10)8-2-4-12-6-9(8)11/h2,4,6,13H,3,5,7,11H2,1H3. The third-order valence-corrected chi connectivity index (χ3v) is 2.87. The summed E-state index contributed by atoms with van der Waals surface area (Å²) in [5, 5.41) is 3.36. The molecule has 1 aromatic heterocycles. The molecule has 13 heavy (non-hydrogen) atoms. The van der Waals surface area contributed by atoms with Gasteiger partial charge in [-0.05, 0) is 24.6 Å². The average Bonchev–Trinajstić information content (AvgIpc) is 2.54. The van der Waals surface area contributed by atoms with Crippen LogP contribution in [-0.2, 0) is 5.41 Å². The number of anilines is 1. The van der Waals surface area contributed by atoms with Crippen LogP contribution < -0.4 is 11.1 Å². The number of nitrogens with zero attached hydrogens (tertiary/aromatic N) is 1. The van der Waals surface area contributed by atoms with Gasteiger partial charge in [-0.3, -0.25) is 4.98 Å². The van der Waals surface area contributed by atoms with E-state index in [-0.39, 0.29) is 5.41 Å². The number of rotatable bonds is 1. The molecule has 0 spiro atoms. The molecule has 3 N–H and O–H groups in total. The summed E-state index contributed by atoms with van der Waals surface area (Å²) in [6.45, 7) is 4.35. The largest absolute Gasteiger partial charge is 0.397 e. The molecule has 3 heteroatoms. The first kappa shape index (κ1) is 8.51. The fourth-order valence-corrected chi connectivity index (χ4v) is 2.00. The third kappa shape index (κ3) is 1.40. The van der Waals surface area contributed by atoms with Gasteiger partial charge in [0.1, 0.15) is 0 Å². The van der Waals surface area contributed by atoms with E-state index in [0.29, 0.717) is 0 Å². The van der Waals surface area contributed by atoms with Crippen LogP contribution in [0.1, 0.15) is 18.9 Å². The second kappa shape index (κ2) is 3.00. The fourth-order valence-electron chi connectivity index (χ4n) is 2.00. The first-order chi connectivity index (χ1) is 6.22. The summed E-state index contributed by atoms with van der Waals surface area (Å²) in [5.74, 6) is 0. The van der Waals surface area contributed by atoms with E-state index in [0.717, 1.165) is 25.2 Å². The van der Waals surface area contributed by atoms with Crippen molar-refractivity contribution in [3.63, 3.8) is 0 Å². The zero-order chi connectivity index (χ0) is 9.31. The lowest BCUT2D eigenvalue weighted by molar-refractivity contribution is 0.526. The number of nitrogens with two attached hydrogens (primary N) is 1. The monoisotopic (exact) mass is 177 g/mol. The average molecular weight is 177 g/mol. The minimum absolute atomic E-state index is 0.201. The molecule has 2 heterocycles. The smallest absolute Gasteiger partial charge is 0.0539 e. The maximum atomic E-state index is 5.90. The summed E-state index contributed by atoms with van der Waals surface area (Å²) in [6.07, 6.45) is 4.70. The molecule has 1 aromatic rings. The molecule has 3 nitrogen and oxygen atoms in total. The van der Waals surface area contributed by atoms with Gasteiger partial charge in [0.2, 0.25) is 0 Å². The second-order valence-electron chi connectivity index (χ2n) is 3.95. The van der Waals surface area contributed by atoms with E-state index >= 15 is 0 Å². The van der Waals surface area contributed by atoms with Gasteiger partial charge in [0.25, 0.3) is 0 Å². The minimum Gasteiger partial charge on any atom is -0.397 e. The lowest BCUT2D eigenvalue weighted by Crippen LogP contribution is -2.26. The van der Waals surface area contributed by atoms with Crippen LogP contribution in [0.15, 0.2) is 18.5 Å². The number of hydrogen-bond acceptors (Lipinski definition) is 3. The van der Waals surface area contributed by atoms with Crippen molar-refractivity contribution in [2.45, 2.75) is 18.8 Å². The molecule has 0 aromatic carbocycles. The highest BCUT2D eigenvalue weighted by Gasteiger charge is 2.31. The molecule has 0 amide bonds. The molecular weight excluding hydrogens is 162 g/mol. The molecule has 0 radical (unpaired) electrons. The highest BCUT2D eigenvalue weighted by atomic mass is 14.9. The van der Waals surface area contributed by atoms with E-state index in [1.807, 2.05) is 12.3 Å². The molecule has 1 aliphatic heterocycles.